The second-order valence-electron chi connectivity index (χ2n) is 4.45. The van der Waals surface area contributed by atoms with E-state index in [-0.39, 0.29) is 0 Å². The largest absolute Gasteiger partial charge is 0.370 e. The molecule has 18 heavy (non-hydrogen) atoms. The van der Waals surface area contributed by atoms with Gasteiger partial charge in [0.1, 0.15) is 0 Å². The molecule has 0 bridgehead atoms. The van der Waals surface area contributed by atoms with E-state index < -0.39 is 0 Å². The third kappa shape index (κ3) is 3.13. The van der Waals surface area contributed by atoms with Gasteiger partial charge in [-0.1, -0.05) is 17.7 Å². The summed E-state index contributed by atoms with van der Waals surface area (Å²) in [5.74, 6) is 0. The summed E-state index contributed by atoms with van der Waals surface area (Å²) < 4.78 is 1.17. The highest BCUT2D eigenvalue weighted by Crippen LogP contribution is 2.25. The lowest BCUT2D eigenvalue weighted by molar-refractivity contribution is 0.906. The first-order valence-corrected chi connectivity index (χ1v) is 7.51. The van der Waals surface area contributed by atoms with Crippen LogP contribution in [0.3, 0.4) is 0 Å². The summed E-state index contributed by atoms with van der Waals surface area (Å²) >= 11 is 5.22. The summed E-state index contributed by atoms with van der Waals surface area (Å²) in [5, 5.41) is 2.18. The summed E-state index contributed by atoms with van der Waals surface area (Å²) in [6, 6.07) is 8.61. The molecular formula is C14H17BrN2S. The van der Waals surface area contributed by atoms with Crippen molar-refractivity contribution in [2.24, 2.45) is 5.73 Å². The van der Waals surface area contributed by atoms with Gasteiger partial charge in [-0.05, 0) is 51.5 Å². The van der Waals surface area contributed by atoms with E-state index in [1.165, 1.54) is 26.2 Å². The van der Waals surface area contributed by atoms with Crippen LogP contribution in [-0.4, -0.2) is 7.05 Å². The van der Waals surface area contributed by atoms with Crippen molar-refractivity contribution in [2.75, 3.05) is 11.9 Å². The number of halogens is 1. The Kier molecular flexibility index (Phi) is 4.43. The number of benzene rings is 1. The van der Waals surface area contributed by atoms with Crippen LogP contribution in [0.25, 0.3) is 0 Å². The molecule has 0 radical (unpaired) electrons. The minimum absolute atomic E-state index is 0.578. The standard InChI is InChI=1S/C14H17BrN2S/c1-10-3-4-13(12(5-10)7-16)17(2)8-11-6-14(15)18-9-11/h3-6,9H,7-8,16H2,1-2H3. The van der Waals surface area contributed by atoms with Gasteiger partial charge >= 0.3 is 0 Å². The molecule has 96 valence electrons. The molecule has 0 fully saturated rings. The van der Waals surface area contributed by atoms with Crippen molar-refractivity contribution in [1.29, 1.82) is 0 Å². The van der Waals surface area contributed by atoms with E-state index in [1.54, 1.807) is 11.3 Å². The Balaban J connectivity index is 2.20. The zero-order chi connectivity index (χ0) is 13.1. The van der Waals surface area contributed by atoms with Crippen LogP contribution in [-0.2, 0) is 13.1 Å². The molecule has 2 N–H and O–H groups in total. The van der Waals surface area contributed by atoms with Crippen LogP contribution >= 0.6 is 27.3 Å². The minimum Gasteiger partial charge on any atom is -0.370 e. The first-order valence-electron chi connectivity index (χ1n) is 5.84. The fourth-order valence-electron chi connectivity index (χ4n) is 2.04. The van der Waals surface area contributed by atoms with Gasteiger partial charge in [-0.15, -0.1) is 11.3 Å². The third-order valence-corrected chi connectivity index (χ3v) is 4.46. The lowest BCUT2D eigenvalue weighted by Crippen LogP contribution is -2.18. The van der Waals surface area contributed by atoms with Gasteiger partial charge in [0.15, 0.2) is 0 Å². The highest BCUT2D eigenvalue weighted by molar-refractivity contribution is 9.11. The molecule has 2 aromatic rings. The predicted octanol–water partition coefficient (Wildman–Crippen LogP) is 3.91. The molecular weight excluding hydrogens is 308 g/mol. The van der Waals surface area contributed by atoms with Crippen LogP contribution in [0.5, 0.6) is 0 Å². The third-order valence-electron chi connectivity index (χ3n) is 2.91. The number of nitrogens with zero attached hydrogens (tertiary/aromatic N) is 1. The lowest BCUT2D eigenvalue weighted by atomic mass is 10.1. The van der Waals surface area contributed by atoms with E-state index in [2.05, 4.69) is 64.4 Å². The molecule has 0 saturated heterocycles. The number of thiophene rings is 1. The van der Waals surface area contributed by atoms with E-state index in [4.69, 9.17) is 5.73 Å². The van der Waals surface area contributed by atoms with Gasteiger partial charge < -0.3 is 10.6 Å². The van der Waals surface area contributed by atoms with Gasteiger partial charge in [-0.2, -0.15) is 0 Å². The normalized spacial score (nSPS) is 10.7. The number of hydrogen-bond donors (Lipinski definition) is 1. The number of nitrogens with two attached hydrogens (primary N) is 1. The Morgan fingerprint density at radius 1 is 1.33 bits per heavy atom. The molecule has 1 heterocycles. The molecule has 0 saturated carbocycles. The van der Waals surface area contributed by atoms with E-state index >= 15 is 0 Å². The monoisotopic (exact) mass is 324 g/mol. The molecule has 1 aromatic carbocycles. The molecule has 2 rings (SSSR count). The van der Waals surface area contributed by atoms with Crippen LogP contribution in [0.15, 0.2) is 33.4 Å². The average Bonchev–Trinajstić information content (AvgIpc) is 2.74. The molecule has 0 unspecified atom stereocenters. The number of aryl methyl sites for hydroxylation is 1. The highest BCUT2D eigenvalue weighted by atomic mass is 79.9. The Labute approximate surface area is 121 Å². The fraction of sp³-hybridized carbons (Fsp3) is 0.286. The topological polar surface area (TPSA) is 29.3 Å². The van der Waals surface area contributed by atoms with Crippen LogP contribution < -0.4 is 10.6 Å². The van der Waals surface area contributed by atoms with Gasteiger partial charge in [-0.25, -0.2) is 0 Å². The van der Waals surface area contributed by atoms with E-state index in [0.717, 1.165) is 6.54 Å². The molecule has 1 aromatic heterocycles. The maximum Gasteiger partial charge on any atom is 0.0701 e. The van der Waals surface area contributed by atoms with Crippen molar-refractivity contribution >= 4 is 33.0 Å². The molecule has 0 atom stereocenters. The van der Waals surface area contributed by atoms with Gasteiger partial charge in [-0.3, -0.25) is 0 Å². The van der Waals surface area contributed by atoms with Crippen molar-refractivity contribution in [3.05, 3.63) is 50.1 Å². The maximum absolute atomic E-state index is 5.82. The number of hydrogen-bond acceptors (Lipinski definition) is 3. The zero-order valence-corrected chi connectivity index (χ0v) is 13.0. The van der Waals surface area contributed by atoms with Crippen LogP contribution in [0.4, 0.5) is 5.69 Å². The SMILES string of the molecule is Cc1ccc(N(C)Cc2csc(Br)c2)c(CN)c1. The molecule has 0 amide bonds. The molecule has 0 aliphatic rings. The summed E-state index contributed by atoms with van der Waals surface area (Å²) in [5.41, 5.74) is 10.8. The second-order valence-corrected chi connectivity index (χ2v) is 6.74. The van der Waals surface area contributed by atoms with Gasteiger partial charge in [0.05, 0.1) is 3.79 Å². The molecule has 0 spiro atoms. The number of rotatable bonds is 4. The maximum atomic E-state index is 5.82. The van der Waals surface area contributed by atoms with Crippen molar-refractivity contribution < 1.29 is 0 Å². The van der Waals surface area contributed by atoms with Crippen LogP contribution in [0, 0.1) is 6.92 Å². The smallest absolute Gasteiger partial charge is 0.0701 e. The average molecular weight is 325 g/mol. The van der Waals surface area contributed by atoms with Crippen LogP contribution in [0.2, 0.25) is 0 Å². The van der Waals surface area contributed by atoms with Crippen LogP contribution in [0.1, 0.15) is 16.7 Å². The van der Waals surface area contributed by atoms with Gasteiger partial charge in [0.25, 0.3) is 0 Å². The molecule has 2 nitrogen and oxygen atoms in total. The predicted molar refractivity (Wildman–Crippen MR) is 83.2 cm³/mol. The van der Waals surface area contributed by atoms with Gasteiger partial charge in [0.2, 0.25) is 0 Å². The Morgan fingerprint density at radius 2 is 2.11 bits per heavy atom. The van der Waals surface area contributed by atoms with Crippen molar-refractivity contribution in [1.82, 2.24) is 0 Å². The Hall–Kier alpha value is -0.840. The fourth-order valence-corrected chi connectivity index (χ4v) is 3.24. The van der Waals surface area contributed by atoms with Gasteiger partial charge in [0, 0.05) is 25.8 Å². The van der Waals surface area contributed by atoms with Crippen molar-refractivity contribution in [3.8, 4) is 0 Å². The highest BCUT2D eigenvalue weighted by Gasteiger charge is 2.08. The summed E-state index contributed by atoms with van der Waals surface area (Å²) in [6.07, 6.45) is 0. The number of anilines is 1. The summed E-state index contributed by atoms with van der Waals surface area (Å²) in [7, 11) is 2.11. The second kappa shape index (κ2) is 5.87. The molecule has 0 aliphatic heterocycles. The Bertz CT molecular complexity index is 536. The first kappa shape index (κ1) is 13.6. The zero-order valence-electron chi connectivity index (χ0n) is 10.6. The quantitative estimate of drug-likeness (QED) is 0.923. The first-order chi connectivity index (χ1) is 8.60. The lowest BCUT2D eigenvalue weighted by Gasteiger charge is -2.22. The molecule has 4 heteroatoms. The summed E-state index contributed by atoms with van der Waals surface area (Å²) in [6.45, 7) is 3.58. The Morgan fingerprint density at radius 3 is 2.72 bits per heavy atom. The van der Waals surface area contributed by atoms with E-state index in [0.29, 0.717) is 6.54 Å². The minimum atomic E-state index is 0.578. The van der Waals surface area contributed by atoms with Crippen molar-refractivity contribution in [3.63, 3.8) is 0 Å². The summed E-state index contributed by atoms with van der Waals surface area (Å²) in [4.78, 5) is 2.25. The molecule has 0 aliphatic carbocycles. The van der Waals surface area contributed by atoms with Crippen molar-refractivity contribution in [2.45, 2.75) is 20.0 Å². The van der Waals surface area contributed by atoms with E-state index in [9.17, 15) is 0 Å². The van der Waals surface area contributed by atoms with E-state index in [1.807, 2.05) is 0 Å².